The van der Waals surface area contributed by atoms with Crippen molar-refractivity contribution >= 4 is 35.8 Å². The van der Waals surface area contributed by atoms with Crippen molar-refractivity contribution < 1.29 is 4.79 Å². The molecule has 0 spiro atoms. The summed E-state index contributed by atoms with van der Waals surface area (Å²) in [7, 11) is 0. The summed E-state index contributed by atoms with van der Waals surface area (Å²) in [5.74, 6) is 0.978. The Morgan fingerprint density at radius 3 is 3.09 bits per heavy atom. The molecule has 0 radical (unpaired) electrons. The van der Waals surface area contributed by atoms with E-state index in [-0.39, 0.29) is 29.9 Å². The van der Waals surface area contributed by atoms with E-state index < -0.39 is 0 Å². The third kappa shape index (κ3) is 1.47. The van der Waals surface area contributed by atoms with Crippen molar-refractivity contribution in [3.63, 3.8) is 0 Å². The SMILES string of the molecule is I.O=C1CCN=C2NCCN12. The van der Waals surface area contributed by atoms with E-state index >= 15 is 0 Å². The van der Waals surface area contributed by atoms with Crippen LogP contribution in [0.5, 0.6) is 0 Å². The van der Waals surface area contributed by atoms with Crippen molar-refractivity contribution in [2.24, 2.45) is 4.99 Å². The Morgan fingerprint density at radius 1 is 1.55 bits per heavy atom. The molecule has 11 heavy (non-hydrogen) atoms. The van der Waals surface area contributed by atoms with Gasteiger partial charge in [0.15, 0.2) is 0 Å². The third-order valence-corrected chi connectivity index (χ3v) is 1.76. The van der Waals surface area contributed by atoms with Gasteiger partial charge >= 0.3 is 0 Å². The molecule has 0 aromatic rings. The van der Waals surface area contributed by atoms with Gasteiger partial charge in [0.2, 0.25) is 11.9 Å². The molecular weight excluding hydrogens is 257 g/mol. The maximum Gasteiger partial charge on any atom is 0.231 e. The molecule has 0 aromatic heterocycles. The quantitative estimate of drug-likeness (QED) is 0.617. The van der Waals surface area contributed by atoms with Crippen LogP contribution in [0.4, 0.5) is 0 Å². The minimum Gasteiger partial charge on any atom is -0.354 e. The van der Waals surface area contributed by atoms with Crippen LogP contribution in [0.25, 0.3) is 0 Å². The van der Waals surface area contributed by atoms with E-state index in [1.807, 2.05) is 0 Å². The molecule has 1 saturated heterocycles. The van der Waals surface area contributed by atoms with Gasteiger partial charge in [-0.2, -0.15) is 0 Å². The molecule has 0 unspecified atom stereocenters. The first-order chi connectivity index (χ1) is 4.88. The average molecular weight is 267 g/mol. The summed E-state index contributed by atoms with van der Waals surface area (Å²) in [6.45, 7) is 2.29. The smallest absolute Gasteiger partial charge is 0.231 e. The van der Waals surface area contributed by atoms with Crippen LogP contribution in [-0.2, 0) is 4.79 Å². The van der Waals surface area contributed by atoms with E-state index in [0.717, 1.165) is 19.0 Å². The molecule has 0 aromatic carbocycles. The molecule has 0 atom stereocenters. The number of nitrogens with zero attached hydrogens (tertiary/aromatic N) is 2. The number of fused-ring (bicyclic) bond motifs is 1. The highest BCUT2D eigenvalue weighted by Crippen LogP contribution is 2.05. The number of hydrogen-bond donors (Lipinski definition) is 1. The van der Waals surface area contributed by atoms with Gasteiger partial charge in [-0.15, -0.1) is 24.0 Å². The lowest BCUT2D eigenvalue weighted by atomic mass is 10.3. The van der Waals surface area contributed by atoms with Gasteiger partial charge in [-0.25, -0.2) is 0 Å². The molecule has 1 fully saturated rings. The van der Waals surface area contributed by atoms with Gasteiger partial charge in [0.05, 0.1) is 6.54 Å². The van der Waals surface area contributed by atoms with Crippen LogP contribution < -0.4 is 5.32 Å². The molecule has 0 bridgehead atoms. The number of guanidine groups is 1. The summed E-state index contributed by atoms with van der Waals surface area (Å²) >= 11 is 0. The summed E-state index contributed by atoms with van der Waals surface area (Å²) in [6.07, 6.45) is 0.575. The fraction of sp³-hybridized carbons (Fsp3) is 0.667. The van der Waals surface area contributed by atoms with E-state index in [9.17, 15) is 4.79 Å². The summed E-state index contributed by atoms with van der Waals surface area (Å²) in [6, 6.07) is 0. The van der Waals surface area contributed by atoms with Crippen LogP contribution in [0.2, 0.25) is 0 Å². The Balaban J connectivity index is 0.000000605. The lowest BCUT2D eigenvalue weighted by Gasteiger charge is -2.18. The van der Waals surface area contributed by atoms with Crippen molar-refractivity contribution in [3.05, 3.63) is 0 Å². The number of hydrogen-bond acceptors (Lipinski definition) is 3. The highest BCUT2D eigenvalue weighted by molar-refractivity contribution is 14.0. The monoisotopic (exact) mass is 267 g/mol. The summed E-state index contributed by atoms with van der Waals surface area (Å²) < 4.78 is 0. The zero-order valence-electron chi connectivity index (χ0n) is 6.04. The number of amides is 1. The van der Waals surface area contributed by atoms with Crippen LogP contribution in [0, 0.1) is 0 Å². The summed E-state index contributed by atoms with van der Waals surface area (Å²) in [4.78, 5) is 16.9. The topological polar surface area (TPSA) is 44.7 Å². The Hall–Kier alpha value is -0.330. The fourth-order valence-corrected chi connectivity index (χ4v) is 1.26. The molecule has 62 valence electrons. The second kappa shape index (κ2) is 3.38. The van der Waals surface area contributed by atoms with Crippen LogP contribution in [-0.4, -0.2) is 36.4 Å². The molecule has 2 aliphatic rings. The molecule has 0 aliphatic carbocycles. The summed E-state index contributed by atoms with van der Waals surface area (Å²) in [5, 5.41) is 3.04. The van der Waals surface area contributed by atoms with Crippen LogP contribution >= 0.6 is 24.0 Å². The largest absolute Gasteiger partial charge is 0.354 e. The van der Waals surface area contributed by atoms with Gasteiger partial charge in [0.1, 0.15) is 0 Å². The average Bonchev–Trinajstić information content (AvgIpc) is 2.36. The van der Waals surface area contributed by atoms with Gasteiger partial charge in [-0.1, -0.05) is 0 Å². The molecule has 2 aliphatic heterocycles. The standard InChI is InChI=1S/C6H9N3O.HI/c10-5-1-2-7-6-8-3-4-9(5)6;/h1-4H2,(H,7,8);1H. The van der Waals surface area contributed by atoms with Crippen molar-refractivity contribution in [2.45, 2.75) is 6.42 Å². The molecule has 4 nitrogen and oxygen atoms in total. The lowest BCUT2D eigenvalue weighted by Crippen LogP contribution is -2.39. The van der Waals surface area contributed by atoms with Crippen molar-refractivity contribution in [2.75, 3.05) is 19.6 Å². The molecular formula is C6H10IN3O. The Kier molecular flexibility index (Phi) is 2.69. The van der Waals surface area contributed by atoms with E-state index in [4.69, 9.17) is 0 Å². The first-order valence-electron chi connectivity index (χ1n) is 3.46. The van der Waals surface area contributed by atoms with E-state index in [1.54, 1.807) is 4.90 Å². The molecule has 5 heteroatoms. The van der Waals surface area contributed by atoms with E-state index in [0.29, 0.717) is 13.0 Å². The number of carbonyl (C=O) groups excluding carboxylic acids is 1. The number of carbonyl (C=O) groups is 1. The maximum atomic E-state index is 11.1. The van der Waals surface area contributed by atoms with Crippen LogP contribution in [0.15, 0.2) is 4.99 Å². The molecule has 0 saturated carbocycles. The minimum atomic E-state index is 0. The predicted molar refractivity (Wildman–Crippen MR) is 52.0 cm³/mol. The Morgan fingerprint density at radius 2 is 2.36 bits per heavy atom. The van der Waals surface area contributed by atoms with Gasteiger partial charge in [-0.3, -0.25) is 14.7 Å². The molecule has 2 heterocycles. The second-order valence-corrected chi connectivity index (χ2v) is 2.43. The number of aliphatic imine (C=N–C) groups is 1. The van der Waals surface area contributed by atoms with Gasteiger partial charge in [0.25, 0.3) is 0 Å². The first-order valence-corrected chi connectivity index (χ1v) is 3.46. The van der Waals surface area contributed by atoms with Gasteiger partial charge < -0.3 is 5.32 Å². The number of nitrogens with one attached hydrogen (secondary N) is 1. The maximum absolute atomic E-state index is 11.1. The van der Waals surface area contributed by atoms with Crippen molar-refractivity contribution in [1.82, 2.24) is 10.2 Å². The van der Waals surface area contributed by atoms with Crippen LogP contribution in [0.1, 0.15) is 6.42 Å². The minimum absolute atomic E-state index is 0. The van der Waals surface area contributed by atoms with Crippen molar-refractivity contribution in [3.8, 4) is 0 Å². The normalized spacial score (nSPS) is 21.6. The molecule has 2 rings (SSSR count). The third-order valence-electron chi connectivity index (χ3n) is 1.76. The van der Waals surface area contributed by atoms with Gasteiger partial charge in [-0.05, 0) is 0 Å². The van der Waals surface area contributed by atoms with Crippen LogP contribution in [0.3, 0.4) is 0 Å². The Bertz CT molecular complexity index is 204. The summed E-state index contributed by atoms with van der Waals surface area (Å²) in [5.41, 5.74) is 0. The molecule has 1 amide bonds. The first kappa shape index (κ1) is 8.76. The predicted octanol–water partition coefficient (Wildman–Crippen LogP) is -0.204. The zero-order valence-corrected chi connectivity index (χ0v) is 8.37. The fourth-order valence-electron chi connectivity index (χ4n) is 1.26. The van der Waals surface area contributed by atoms with Crippen molar-refractivity contribution in [1.29, 1.82) is 0 Å². The number of rotatable bonds is 0. The Labute approximate surface area is 82.1 Å². The van der Waals surface area contributed by atoms with Gasteiger partial charge in [0, 0.05) is 19.5 Å². The highest BCUT2D eigenvalue weighted by atomic mass is 127. The highest BCUT2D eigenvalue weighted by Gasteiger charge is 2.26. The van der Waals surface area contributed by atoms with E-state index in [2.05, 4.69) is 10.3 Å². The van der Waals surface area contributed by atoms with E-state index in [1.165, 1.54) is 0 Å². The second-order valence-electron chi connectivity index (χ2n) is 2.43. The zero-order chi connectivity index (χ0) is 6.97. The molecule has 1 N–H and O–H groups in total. The number of halogens is 1. The lowest BCUT2D eigenvalue weighted by molar-refractivity contribution is -0.127.